The summed E-state index contributed by atoms with van der Waals surface area (Å²) in [6, 6.07) is 14.8. The summed E-state index contributed by atoms with van der Waals surface area (Å²) in [5.41, 5.74) is 8.79. The molecular weight excluding hydrogens is 356 g/mol. The van der Waals surface area contributed by atoms with Crippen molar-refractivity contribution in [1.29, 1.82) is 0 Å². The van der Waals surface area contributed by atoms with Gasteiger partial charge in [-0.3, -0.25) is 9.59 Å². The van der Waals surface area contributed by atoms with Crippen molar-refractivity contribution in [2.45, 2.75) is 13.8 Å². The fraction of sp³-hybridized carbons (Fsp3) is 0.100. The summed E-state index contributed by atoms with van der Waals surface area (Å²) in [6.07, 6.45) is 1.37. The number of hydrogen-bond acceptors (Lipinski definition) is 6. The third kappa shape index (κ3) is 4.82. The van der Waals surface area contributed by atoms with Crippen molar-refractivity contribution in [1.82, 2.24) is 9.97 Å². The first-order chi connectivity index (χ1) is 13.4. The van der Waals surface area contributed by atoms with Crippen molar-refractivity contribution in [2.75, 3.05) is 16.0 Å². The summed E-state index contributed by atoms with van der Waals surface area (Å²) in [4.78, 5) is 31.5. The Labute approximate surface area is 162 Å². The maximum atomic E-state index is 11.7. The van der Waals surface area contributed by atoms with E-state index in [1.165, 1.54) is 13.1 Å². The smallest absolute Gasteiger partial charge is 0.254 e. The Bertz CT molecular complexity index is 1030. The van der Waals surface area contributed by atoms with Crippen LogP contribution in [0.1, 0.15) is 22.8 Å². The van der Waals surface area contributed by atoms with E-state index in [4.69, 9.17) is 5.73 Å². The van der Waals surface area contributed by atoms with Crippen LogP contribution in [-0.4, -0.2) is 21.8 Å². The maximum absolute atomic E-state index is 11.7. The van der Waals surface area contributed by atoms with E-state index in [1.54, 1.807) is 18.2 Å². The van der Waals surface area contributed by atoms with Crippen molar-refractivity contribution in [3.05, 3.63) is 65.9 Å². The van der Waals surface area contributed by atoms with Crippen LogP contribution in [0.15, 0.2) is 54.7 Å². The van der Waals surface area contributed by atoms with Crippen molar-refractivity contribution in [3.63, 3.8) is 0 Å². The second-order valence-corrected chi connectivity index (χ2v) is 6.20. The topological polar surface area (TPSA) is 122 Å². The molecule has 2 amide bonds. The minimum absolute atomic E-state index is 0.163. The molecule has 5 N–H and O–H groups in total. The molecule has 0 bridgehead atoms. The molecule has 2 aromatic carbocycles. The summed E-state index contributed by atoms with van der Waals surface area (Å²) in [6.45, 7) is 3.41. The van der Waals surface area contributed by atoms with Gasteiger partial charge in [-0.05, 0) is 42.8 Å². The quantitative estimate of drug-likeness (QED) is 0.523. The SMILES string of the molecule is CC(=O)Nc1cccc(Nc2ncc(C(N)=O)c(Nc3cccc(C)c3)n2)c1. The lowest BCUT2D eigenvalue weighted by Crippen LogP contribution is -2.15. The number of carbonyl (C=O) groups excluding carboxylic acids is 2. The number of nitrogens with zero attached hydrogens (tertiary/aromatic N) is 2. The van der Waals surface area contributed by atoms with Gasteiger partial charge in [0.1, 0.15) is 11.4 Å². The normalized spacial score (nSPS) is 10.2. The zero-order valence-corrected chi connectivity index (χ0v) is 15.5. The molecule has 28 heavy (non-hydrogen) atoms. The van der Waals surface area contributed by atoms with E-state index in [1.807, 2.05) is 37.3 Å². The summed E-state index contributed by atoms with van der Waals surface area (Å²) in [5.74, 6) is -0.216. The summed E-state index contributed by atoms with van der Waals surface area (Å²) >= 11 is 0. The van der Waals surface area contributed by atoms with Gasteiger partial charge in [0.2, 0.25) is 11.9 Å². The van der Waals surface area contributed by atoms with Gasteiger partial charge in [-0.25, -0.2) is 4.98 Å². The molecule has 8 nitrogen and oxygen atoms in total. The molecule has 0 atom stereocenters. The summed E-state index contributed by atoms with van der Waals surface area (Å²) < 4.78 is 0. The molecule has 0 spiro atoms. The molecule has 3 aromatic rings. The number of nitrogens with one attached hydrogen (secondary N) is 3. The lowest BCUT2D eigenvalue weighted by atomic mass is 10.2. The standard InChI is InChI=1S/C20H20N6O2/c1-12-5-3-6-14(9-12)24-19-17(18(21)28)11-22-20(26-19)25-16-8-4-7-15(10-16)23-13(2)27/h3-11H,1-2H3,(H2,21,28)(H,23,27)(H2,22,24,25,26). The average Bonchev–Trinajstić information content (AvgIpc) is 2.61. The van der Waals surface area contributed by atoms with Crippen LogP contribution < -0.4 is 21.7 Å². The number of anilines is 5. The molecule has 1 heterocycles. The number of carbonyl (C=O) groups is 2. The van der Waals surface area contributed by atoms with Crippen LogP contribution in [0.4, 0.5) is 28.8 Å². The number of aryl methyl sites for hydroxylation is 1. The van der Waals surface area contributed by atoms with Gasteiger partial charge in [-0.15, -0.1) is 0 Å². The maximum Gasteiger partial charge on any atom is 0.254 e. The van der Waals surface area contributed by atoms with Crippen LogP contribution in [-0.2, 0) is 4.79 Å². The van der Waals surface area contributed by atoms with Gasteiger partial charge in [0, 0.05) is 30.2 Å². The Kier molecular flexibility index (Phi) is 5.50. The molecule has 142 valence electrons. The third-order valence-corrected chi connectivity index (χ3v) is 3.77. The highest BCUT2D eigenvalue weighted by Crippen LogP contribution is 2.23. The van der Waals surface area contributed by atoms with Crippen LogP contribution in [0.25, 0.3) is 0 Å². The Morgan fingerprint density at radius 1 is 0.964 bits per heavy atom. The van der Waals surface area contributed by atoms with E-state index in [0.717, 1.165) is 11.3 Å². The number of rotatable bonds is 6. The van der Waals surface area contributed by atoms with Gasteiger partial charge < -0.3 is 21.7 Å². The van der Waals surface area contributed by atoms with Gasteiger partial charge in [0.15, 0.2) is 0 Å². The van der Waals surface area contributed by atoms with E-state index in [-0.39, 0.29) is 17.4 Å². The first-order valence-electron chi connectivity index (χ1n) is 8.56. The van der Waals surface area contributed by atoms with Crippen LogP contribution in [0, 0.1) is 6.92 Å². The molecule has 0 saturated carbocycles. The van der Waals surface area contributed by atoms with E-state index in [9.17, 15) is 9.59 Å². The molecule has 0 unspecified atom stereocenters. The van der Waals surface area contributed by atoms with E-state index in [0.29, 0.717) is 17.2 Å². The summed E-state index contributed by atoms with van der Waals surface area (Å²) in [7, 11) is 0. The van der Waals surface area contributed by atoms with Gasteiger partial charge in [0.05, 0.1) is 0 Å². The lowest BCUT2D eigenvalue weighted by Gasteiger charge is -2.12. The second-order valence-electron chi connectivity index (χ2n) is 6.20. The Morgan fingerprint density at radius 3 is 2.32 bits per heavy atom. The minimum atomic E-state index is -0.630. The molecule has 1 aromatic heterocycles. The number of hydrogen-bond donors (Lipinski definition) is 4. The van der Waals surface area contributed by atoms with Crippen LogP contribution in [0.2, 0.25) is 0 Å². The second kappa shape index (κ2) is 8.17. The average molecular weight is 376 g/mol. The Hall–Kier alpha value is -3.94. The van der Waals surface area contributed by atoms with Crippen molar-refractivity contribution >= 4 is 40.6 Å². The van der Waals surface area contributed by atoms with E-state index < -0.39 is 5.91 Å². The molecule has 0 aliphatic rings. The number of nitrogens with two attached hydrogens (primary N) is 1. The van der Waals surface area contributed by atoms with Crippen LogP contribution >= 0.6 is 0 Å². The third-order valence-electron chi connectivity index (χ3n) is 3.77. The zero-order valence-electron chi connectivity index (χ0n) is 15.5. The molecule has 0 aliphatic carbocycles. The van der Waals surface area contributed by atoms with Crippen molar-refractivity contribution < 1.29 is 9.59 Å². The Balaban J connectivity index is 1.88. The van der Waals surface area contributed by atoms with Gasteiger partial charge in [0.25, 0.3) is 5.91 Å². The molecule has 0 radical (unpaired) electrons. The largest absolute Gasteiger partial charge is 0.365 e. The van der Waals surface area contributed by atoms with Crippen molar-refractivity contribution in [2.24, 2.45) is 5.73 Å². The number of primary amides is 1. The number of benzene rings is 2. The molecule has 0 fully saturated rings. The first-order valence-corrected chi connectivity index (χ1v) is 8.56. The highest BCUT2D eigenvalue weighted by Gasteiger charge is 2.13. The van der Waals surface area contributed by atoms with Crippen LogP contribution in [0.5, 0.6) is 0 Å². The predicted octanol–water partition coefficient (Wildman–Crippen LogP) is 3.33. The van der Waals surface area contributed by atoms with Gasteiger partial charge >= 0.3 is 0 Å². The fourth-order valence-corrected chi connectivity index (χ4v) is 2.58. The van der Waals surface area contributed by atoms with E-state index in [2.05, 4.69) is 25.9 Å². The minimum Gasteiger partial charge on any atom is -0.365 e. The summed E-state index contributed by atoms with van der Waals surface area (Å²) in [5, 5.41) is 8.88. The van der Waals surface area contributed by atoms with E-state index >= 15 is 0 Å². The van der Waals surface area contributed by atoms with Gasteiger partial charge in [-0.2, -0.15) is 4.98 Å². The number of amides is 2. The highest BCUT2D eigenvalue weighted by molar-refractivity contribution is 5.98. The molecule has 3 rings (SSSR count). The number of aromatic nitrogens is 2. The molecule has 0 saturated heterocycles. The predicted molar refractivity (Wildman–Crippen MR) is 109 cm³/mol. The fourth-order valence-electron chi connectivity index (χ4n) is 2.58. The molecule has 0 aliphatic heterocycles. The zero-order chi connectivity index (χ0) is 20.1. The van der Waals surface area contributed by atoms with Gasteiger partial charge in [-0.1, -0.05) is 18.2 Å². The Morgan fingerprint density at radius 2 is 1.64 bits per heavy atom. The first kappa shape index (κ1) is 18.8. The lowest BCUT2D eigenvalue weighted by molar-refractivity contribution is -0.114. The molecular formula is C20H20N6O2. The molecule has 8 heteroatoms. The van der Waals surface area contributed by atoms with Crippen LogP contribution in [0.3, 0.4) is 0 Å². The van der Waals surface area contributed by atoms with Crippen molar-refractivity contribution in [3.8, 4) is 0 Å². The monoisotopic (exact) mass is 376 g/mol. The highest BCUT2D eigenvalue weighted by atomic mass is 16.1.